The van der Waals surface area contributed by atoms with E-state index in [4.69, 9.17) is 22.3 Å². The number of hydrogen-bond donors (Lipinski definition) is 3. The van der Waals surface area contributed by atoms with Gasteiger partial charge >= 0.3 is 0 Å². The molecule has 0 fully saturated rings. The number of rotatable bonds is 8. The smallest absolute Gasteiger partial charge is 0.130 e. The van der Waals surface area contributed by atoms with Crippen LogP contribution in [0.3, 0.4) is 0 Å². The van der Waals surface area contributed by atoms with Gasteiger partial charge in [-0.1, -0.05) is 61.5 Å². The third kappa shape index (κ3) is 5.89. The highest BCUT2D eigenvalue weighted by Crippen LogP contribution is 2.22. The van der Waals surface area contributed by atoms with Crippen LogP contribution in [0.1, 0.15) is 38.3 Å². The van der Waals surface area contributed by atoms with E-state index in [2.05, 4.69) is 30.2 Å². The fraction of sp³-hybridized carbons (Fsp3) is 0.261. The van der Waals surface area contributed by atoms with E-state index in [-0.39, 0.29) is 0 Å². The lowest BCUT2D eigenvalue weighted by atomic mass is 10.1. The van der Waals surface area contributed by atoms with Crippen LogP contribution in [0.5, 0.6) is 0 Å². The molecule has 4 nitrogen and oxygen atoms in total. The van der Waals surface area contributed by atoms with E-state index in [1.807, 2.05) is 56.3 Å². The number of halogens is 1. The first-order valence-corrected chi connectivity index (χ1v) is 9.82. The third-order valence-corrected chi connectivity index (χ3v) is 4.77. The predicted molar refractivity (Wildman–Crippen MR) is 123 cm³/mol. The van der Waals surface area contributed by atoms with Crippen molar-refractivity contribution in [2.24, 2.45) is 10.7 Å². The van der Waals surface area contributed by atoms with Gasteiger partial charge in [-0.15, -0.1) is 0 Å². The van der Waals surface area contributed by atoms with Crippen molar-refractivity contribution in [1.29, 1.82) is 0 Å². The Bertz CT molecular complexity index is 880. The standard InChI is InChI=1S/C23H29ClN4/c1-5-14-26-22-13-9-7-11-20(22)18(4)28-23(16(2)17(3)25)27-15-19-10-6-8-12-21(19)24/h6-13,26H,4-5,14-15,25H2,1-3H3,(H,27,28)/b17-16-. The lowest BCUT2D eigenvalue weighted by Gasteiger charge is -2.18. The molecule has 0 spiro atoms. The van der Waals surface area contributed by atoms with Crippen LogP contribution in [0, 0.1) is 0 Å². The number of aliphatic imine (C=N–C) groups is 1. The van der Waals surface area contributed by atoms with Crippen LogP contribution >= 0.6 is 11.6 Å². The second-order valence-corrected chi connectivity index (χ2v) is 7.05. The largest absolute Gasteiger partial charge is 0.402 e. The summed E-state index contributed by atoms with van der Waals surface area (Å²) >= 11 is 6.27. The average molecular weight is 397 g/mol. The maximum Gasteiger partial charge on any atom is 0.130 e. The first-order valence-electron chi connectivity index (χ1n) is 9.44. The zero-order valence-electron chi connectivity index (χ0n) is 16.8. The third-order valence-electron chi connectivity index (χ3n) is 4.40. The van der Waals surface area contributed by atoms with Crippen molar-refractivity contribution >= 4 is 28.8 Å². The summed E-state index contributed by atoms with van der Waals surface area (Å²) in [7, 11) is 0. The molecule has 148 valence electrons. The number of hydrogen-bond acceptors (Lipinski definition) is 3. The van der Waals surface area contributed by atoms with E-state index in [9.17, 15) is 0 Å². The summed E-state index contributed by atoms with van der Waals surface area (Å²) in [5, 5.41) is 7.49. The van der Waals surface area contributed by atoms with Crippen molar-refractivity contribution in [2.45, 2.75) is 33.7 Å². The van der Waals surface area contributed by atoms with Gasteiger partial charge < -0.3 is 16.4 Å². The van der Waals surface area contributed by atoms with Gasteiger partial charge in [0.05, 0.1) is 6.54 Å². The maximum absolute atomic E-state index is 6.27. The molecule has 0 saturated carbocycles. The molecule has 0 amide bonds. The molecular weight excluding hydrogens is 368 g/mol. The topological polar surface area (TPSA) is 62.4 Å². The highest BCUT2D eigenvalue weighted by Gasteiger charge is 2.11. The molecule has 0 aliphatic rings. The normalized spacial score (nSPS) is 12.4. The molecule has 0 atom stereocenters. The second-order valence-electron chi connectivity index (χ2n) is 6.64. The summed E-state index contributed by atoms with van der Waals surface area (Å²) in [4.78, 5) is 4.74. The molecular formula is C23H29ClN4. The molecule has 0 aromatic heterocycles. The van der Waals surface area contributed by atoms with Crippen molar-refractivity contribution in [3.8, 4) is 0 Å². The van der Waals surface area contributed by atoms with E-state index in [1.54, 1.807) is 0 Å². The highest BCUT2D eigenvalue weighted by atomic mass is 35.5. The molecule has 5 heteroatoms. The van der Waals surface area contributed by atoms with Crippen LogP contribution in [0.2, 0.25) is 5.02 Å². The van der Waals surface area contributed by atoms with E-state index in [1.165, 1.54) is 0 Å². The van der Waals surface area contributed by atoms with Gasteiger partial charge in [-0.25, -0.2) is 0 Å². The number of nitrogens with one attached hydrogen (secondary N) is 2. The van der Waals surface area contributed by atoms with Crippen LogP contribution in [0.15, 0.2) is 71.4 Å². The molecule has 0 aliphatic carbocycles. The Morgan fingerprint density at radius 3 is 2.46 bits per heavy atom. The SMILES string of the molecule is C=C(NC(=NCc1ccccc1Cl)/C(C)=C(/C)N)c1ccccc1NCCC. The van der Waals surface area contributed by atoms with Crippen LogP contribution in [-0.4, -0.2) is 12.4 Å². The minimum absolute atomic E-state index is 0.454. The van der Waals surface area contributed by atoms with E-state index < -0.39 is 0 Å². The van der Waals surface area contributed by atoms with Gasteiger partial charge in [0, 0.05) is 39.8 Å². The minimum atomic E-state index is 0.454. The zero-order chi connectivity index (χ0) is 20.5. The van der Waals surface area contributed by atoms with Crippen LogP contribution < -0.4 is 16.4 Å². The van der Waals surface area contributed by atoms with Gasteiger partial charge in [-0.3, -0.25) is 4.99 Å². The van der Waals surface area contributed by atoms with Crippen LogP contribution in [0.25, 0.3) is 5.70 Å². The van der Waals surface area contributed by atoms with Crippen molar-refractivity contribution in [2.75, 3.05) is 11.9 Å². The molecule has 0 heterocycles. The summed E-state index contributed by atoms with van der Waals surface area (Å²) in [5.41, 5.74) is 11.4. The Hall–Kier alpha value is -2.72. The van der Waals surface area contributed by atoms with E-state index >= 15 is 0 Å². The molecule has 4 N–H and O–H groups in total. The first kappa shape index (κ1) is 21.6. The number of anilines is 1. The molecule has 2 aromatic rings. The minimum Gasteiger partial charge on any atom is -0.402 e. The van der Waals surface area contributed by atoms with Gasteiger partial charge in [0.15, 0.2) is 0 Å². The van der Waals surface area contributed by atoms with Gasteiger partial charge in [-0.05, 0) is 38.0 Å². The summed E-state index contributed by atoms with van der Waals surface area (Å²) in [6.45, 7) is 11.5. The summed E-state index contributed by atoms with van der Waals surface area (Å²) in [5.74, 6) is 0.690. The lowest BCUT2D eigenvalue weighted by Crippen LogP contribution is -2.25. The molecule has 0 unspecified atom stereocenters. The average Bonchev–Trinajstić information content (AvgIpc) is 2.70. The molecule has 2 aromatic carbocycles. The Kier molecular flexibility index (Phi) is 8.15. The summed E-state index contributed by atoms with van der Waals surface area (Å²) in [6.07, 6.45) is 1.05. The van der Waals surface area contributed by atoms with Crippen molar-refractivity contribution in [3.05, 3.63) is 82.5 Å². The van der Waals surface area contributed by atoms with Gasteiger partial charge in [-0.2, -0.15) is 0 Å². The van der Waals surface area contributed by atoms with Crippen LogP contribution in [0.4, 0.5) is 5.69 Å². The number of nitrogens with two attached hydrogens (primary N) is 1. The first-order chi connectivity index (χ1) is 13.4. The molecule has 0 radical (unpaired) electrons. The number of para-hydroxylation sites is 1. The second kappa shape index (κ2) is 10.6. The van der Waals surface area contributed by atoms with Crippen molar-refractivity contribution in [3.63, 3.8) is 0 Å². The Morgan fingerprint density at radius 2 is 1.79 bits per heavy atom. The number of amidine groups is 1. The summed E-state index contributed by atoms with van der Waals surface area (Å²) < 4.78 is 0. The molecule has 0 bridgehead atoms. The Balaban J connectivity index is 2.29. The Labute approximate surface area is 173 Å². The monoisotopic (exact) mass is 396 g/mol. The molecule has 0 aliphatic heterocycles. The van der Waals surface area contributed by atoms with Crippen molar-refractivity contribution < 1.29 is 0 Å². The fourth-order valence-corrected chi connectivity index (χ4v) is 2.80. The summed E-state index contributed by atoms with van der Waals surface area (Å²) in [6, 6.07) is 15.8. The highest BCUT2D eigenvalue weighted by molar-refractivity contribution is 6.31. The zero-order valence-corrected chi connectivity index (χ0v) is 17.6. The van der Waals surface area contributed by atoms with Gasteiger partial charge in [0.2, 0.25) is 0 Å². The Morgan fingerprint density at radius 1 is 1.11 bits per heavy atom. The number of nitrogens with zero attached hydrogens (tertiary/aromatic N) is 1. The van der Waals surface area contributed by atoms with E-state index in [0.717, 1.165) is 41.1 Å². The number of benzene rings is 2. The van der Waals surface area contributed by atoms with Gasteiger partial charge in [0.25, 0.3) is 0 Å². The van der Waals surface area contributed by atoms with Crippen molar-refractivity contribution in [1.82, 2.24) is 5.32 Å². The molecule has 28 heavy (non-hydrogen) atoms. The molecule has 2 rings (SSSR count). The lowest BCUT2D eigenvalue weighted by molar-refractivity contribution is 0.978. The fourth-order valence-electron chi connectivity index (χ4n) is 2.60. The maximum atomic E-state index is 6.27. The predicted octanol–water partition coefficient (Wildman–Crippen LogP) is 5.57. The van der Waals surface area contributed by atoms with Crippen LogP contribution in [-0.2, 0) is 6.54 Å². The molecule has 0 saturated heterocycles. The van der Waals surface area contributed by atoms with Gasteiger partial charge in [0.1, 0.15) is 5.84 Å². The quantitative estimate of drug-likeness (QED) is 0.403. The van der Waals surface area contributed by atoms with E-state index in [0.29, 0.717) is 23.1 Å². The number of allylic oxidation sites excluding steroid dienone is 1.